The number of halogens is 1. The van der Waals surface area contributed by atoms with Gasteiger partial charge in [0.05, 0.1) is 5.57 Å². The van der Waals surface area contributed by atoms with Crippen LogP contribution in [0.4, 0.5) is 0 Å². The number of furan rings is 2. The van der Waals surface area contributed by atoms with E-state index in [1.807, 2.05) is 114 Å². The van der Waals surface area contributed by atoms with Gasteiger partial charge in [-0.2, -0.15) is 0 Å². The molecule has 224 valence electrons. The number of rotatable bonds is 8. The Balaban J connectivity index is 0.00000338. The fourth-order valence-corrected chi connectivity index (χ4v) is 5.98. The van der Waals surface area contributed by atoms with Crippen molar-refractivity contribution in [3.05, 3.63) is 169 Å². The van der Waals surface area contributed by atoms with Crippen LogP contribution in [-0.4, -0.2) is 10.4 Å². The van der Waals surface area contributed by atoms with E-state index in [4.69, 9.17) is 8.83 Å². The number of imidazole rings is 1. The lowest BCUT2D eigenvalue weighted by Gasteiger charge is -2.03. The first-order chi connectivity index (χ1) is 22.2. The highest BCUT2D eigenvalue weighted by Gasteiger charge is 2.20. The van der Waals surface area contributed by atoms with E-state index in [0.717, 1.165) is 61.2 Å². The molecule has 0 N–H and O–H groups in total. The van der Waals surface area contributed by atoms with Gasteiger partial charge in [0.1, 0.15) is 29.2 Å². The Hall–Kier alpha value is -5.46. The second-order valence-corrected chi connectivity index (χ2v) is 11.2. The summed E-state index contributed by atoms with van der Waals surface area (Å²) in [6.07, 6.45) is 4.16. The number of Topliss-reactive ketones (excluding diaryl/α,β-unsaturated/α-hetero) is 1. The number of ketones is 1. The molecule has 46 heavy (non-hydrogen) atoms. The van der Waals surface area contributed by atoms with Crippen LogP contribution >= 0.6 is 0 Å². The van der Waals surface area contributed by atoms with Crippen molar-refractivity contribution in [1.29, 1.82) is 0 Å². The van der Waals surface area contributed by atoms with Crippen molar-refractivity contribution < 1.29 is 35.2 Å². The highest BCUT2D eigenvalue weighted by atomic mass is 79.9. The van der Waals surface area contributed by atoms with Crippen LogP contribution in [0.3, 0.4) is 0 Å². The third-order valence-electron chi connectivity index (χ3n) is 8.28. The first kappa shape index (κ1) is 29.3. The quantitative estimate of drug-likeness (QED) is 0.146. The van der Waals surface area contributed by atoms with Crippen molar-refractivity contribution in [2.45, 2.75) is 13.1 Å². The summed E-state index contributed by atoms with van der Waals surface area (Å²) in [5, 5.41) is 2.07. The van der Waals surface area contributed by atoms with Crippen LogP contribution in [0.5, 0.6) is 0 Å². The summed E-state index contributed by atoms with van der Waals surface area (Å²) in [6.45, 7) is 0.790. The van der Waals surface area contributed by atoms with Crippen molar-refractivity contribution >= 4 is 44.3 Å². The number of carbonyl (C=O) groups is 1. The Morgan fingerprint density at radius 3 is 1.87 bits per heavy atom. The SMILES string of the molecule is O=C(C[n+]1cn(CC=C(c2cc3ccccc3o2)c2cc3ccccc3o2)c2ccccc21)c1ccc(-c2ccccc2)cc1.[Br-]. The minimum Gasteiger partial charge on any atom is -1.00 e. The van der Waals surface area contributed by atoms with Crippen molar-refractivity contribution in [1.82, 2.24) is 4.57 Å². The standard InChI is InChI=1S/C40H29N2O3.BrH/c43-36(30-20-18-29(19-21-30)28-10-2-1-3-11-28)26-42-27-41(34-14-6-7-15-35(34)42)23-22-33(39-24-31-12-4-8-16-37(31)44-39)40-25-32-13-5-9-17-38(32)45-40;/h1-22,24-25,27H,23,26H2;1H/q+1;/p-1. The first-order valence-electron chi connectivity index (χ1n) is 15.0. The zero-order valence-corrected chi connectivity index (χ0v) is 26.4. The molecular formula is C40H29BrN2O3. The second kappa shape index (κ2) is 12.5. The molecule has 5 nitrogen and oxygen atoms in total. The molecule has 0 atom stereocenters. The van der Waals surface area contributed by atoms with Gasteiger partial charge in [0, 0.05) is 16.3 Å². The molecule has 0 amide bonds. The average Bonchev–Trinajstić information content (AvgIpc) is 3.81. The van der Waals surface area contributed by atoms with Crippen LogP contribution in [0.15, 0.2) is 161 Å². The van der Waals surface area contributed by atoms with Crippen LogP contribution in [0, 0.1) is 0 Å². The molecule has 0 fully saturated rings. The Bertz CT molecular complexity index is 2200. The van der Waals surface area contributed by atoms with Gasteiger partial charge in [-0.05, 0) is 53.6 Å². The van der Waals surface area contributed by atoms with E-state index in [9.17, 15) is 4.79 Å². The monoisotopic (exact) mass is 664 g/mol. The molecule has 6 heteroatoms. The van der Waals surface area contributed by atoms with Gasteiger partial charge in [-0.25, -0.2) is 9.13 Å². The maximum Gasteiger partial charge on any atom is 0.245 e. The maximum atomic E-state index is 13.5. The predicted octanol–water partition coefficient (Wildman–Crippen LogP) is 6.11. The van der Waals surface area contributed by atoms with Gasteiger partial charge in [-0.3, -0.25) is 4.79 Å². The van der Waals surface area contributed by atoms with E-state index < -0.39 is 0 Å². The van der Waals surface area contributed by atoms with E-state index >= 15 is 0 Å². The number of hydrogen-bond donors (Lipinski definition) is 0. The fraction of sp³-hybridized carbons (Fsp3) is 0.0500. The Morgan fingerprint density at radius 2 is 1.22 bits per heavy atom. The summed E-state index contributed by atoms with van der Waals surface area (Å²) in [4.78, 5) is 13.5. The maximum absolute atomic E-state index is 13.5. The molecule has 8 aromatic rings. The van der Waals surface area contributed by atoms with Gasteiger partial charge in [0.15, 0.2) is 17.6 Å². The van der Waals surface area contributed by atoms with Crippen LogP contribution in [0.25, 0.3) is 49.7 Å². The number of fused-ring (bicyclic) bond motifs is 3. The minimum absolute atomic E-state index is 0. The average molecular weight is 666 g/mol. The second-order valence-electron chi connectivity index (χ2n) is 11.2. The van der Waals surface area contributed by atoms with Crippen molar-refractivity contribution in [2.75, 3.05) is 0 Å². The van der Waals surface area contributed by atoms with E-state index in [2.05, 4.69) is 47.0 Å². The molecule has 3 heterocycles. The number of hydrogen-bond acceptors (Lipinski definition) is 3. The van der Waals surface area contributed by atoms with Crippen LogP contribution in [0.1, 0.15) is 21.9 Å². The van der Waals surface area contributed by atoms with E-state index in [1.165, 1.54) is 0 Å². The Labute approximate surface area is 276 Å². The van der Waals surface area contributed by atoms with Gasteiger partial charge >= 0.3 is 0 Å². The van der Waals surface area contributed by atoms with Gasteiger partial charge in [0.2, 0.25) is 12.1 Å². The predicted molar refractivity (Wildman–Crippen MR) is 178 cm³/mol. The Kier molecular flexibility index (Phi) is 7.95. The molecule has 0 saturated carbocycles. The van der Waals surface area contributed by atoms with Gasteiger partial charge in [-0.15, -0.1) is 0 Å². The van der Waals surface area contributed by atoms with Gasteiger partial charge in [-0.1, -0.05) is 103 Å². The van der Waals surface area contributed by atoms with Gasteiger partial charge < -0.3 is 25.8 Å². The molecule has 5 aromatic carbocycles. The first-order valence-corrected chi connectivity index (χ1v) is 15.0. The molecule has 0 unspecified atom stereocenters. The van der Waals surface area contributed by atoms with Crippen molar-refractivity contribution in [2.24, 2.45) is 0 Å². The molecule has 0 bridgehead atoms. The summed E-state index contributed by atoms with van der Waals surface area (Å²) in [6, 6.07) is 46.4. The lowest BCUT2D eigenvalue weighted by Crippen LogP contribution is -3.00. The molecule has 0 spiro atoms. The molecular weight excluding hydrogens is 636 g/mol. The third-order valence-corrected chi connectivity index (χ3v) is 8.28. The summed E-state index contributed by atoms with van der Waals surface area (Å²) in [5.74, 6) is 1.55. The number of nitrogens with zero attached hydrogens (tertiary/aromatic N) is 2. The summed E-state index contributed by atoms with van der Waals surface area (Å²) in [7, 11) is 0. The van der Waals surface area contributed by atoms with Gasteiger partial charge in [0.25, 0.3) is 0 Å². The lowest BCUT2D eigenvalue weighted by molar-refractivity contribution is -0.657. The lowest BCUT2D eigenvalue weighted by atomic mass is 10.0. The minimum atomic E-state index is 0. The molecule has 0 aliphatic carbocycles. The topological polar surface area (TPSA) is 52.2 Å². The highest BCUT2D eigenvalue weighted by molar-refractivity contribution is 5.96. The molecule has 0 aliphatic rings. The summed E-state index contributed by atoms with van der Waals surface area (Å²) in [5.41, 5.74) is 7.48. The molecule has 0 radical (unpaired) electrons. The van der Waals surface area contributed by atoms with E-state index in [0.29, 0.717) is 12.1 Å². The van der Waals surface area contributed by atoms with Crippen molar-refractivity contribution in [3.8, 4) is 11.1 Å². The number of carbonyl (C=O) groups excluding carboxylic acids is 1. The van der Waals surface area contributed by atoms with Crippen LogP contribution in [-0.2, 0) is 13.1 Å². The number of aromatic nitrogens is 2. The Morgan fingerprint density at radius 1 is 0.652 bits per heavy atom. The molecule has 8 rings (SSSR count). The van der Waals surface area contributed by atoms with Crippen LogP contribution < -0.4 is 21.5 Å². The zero-order valence-electron chi connectivity index (χ0n) is 24.8. The van der Waals surface area contributed by atoms with Crippen LogP contribution in [0.2, 0.25) is 0 Å². The fourth-order valence-electron chi connectivity index (χ4n) is 5.98. The molecule has 0 aliphatic heterocycles. The van der Waals surface area contributed by atoms with Crippen molar-refractivity contribution in [3.63, 3.8) is 0 Å². The number of allylic oxidation sites excluding steroid dienone is 1. The highest BCUT2D eigenvalue weighted by Crippen LogP contribution is 2.33. The third kappa shape index (κ3) is 5.59. The zero-order chi connectivity index (χ0) is 30.2. The number of para-hydroxylation sites is 4. The molecule has 0 saturated heterocycles. The number of benzene rings is 5. The van der Waals surface area contributed by atoms with E-state index in [-0.39, 0.29) is 29.3 Å². The molecule has 3 aromatic heterocycles. The largest absolute Gasteiger partial charge is 1.00 e. The smallest absolute Gasteiger partial charge is 0.245 e. The summed E-state index contributed by atoms with van der Waals surface area (Å²) >= 11 is 0. The summed E-state index contributed by atoms with van der Waals surface area (Å²) < 4.78 is 16.8. The van der Waals surface area contributed by atoms with E-state index in [1.54, 1.807) is 0 Å². The normalized spacial score (nSPS) is 11.1.